The van der Waals surface area contributed by atoms with Crippen LogP contribution < -0.4 is 0 Å². The van der Waals surface area contributed by atoms with Crippen LogP contribution in [-0.2, 0) is 4.74 Å². The molecule has 4 fully saturated rings. The van der Waals surface area contributed by atoms with Crippen LogP contribution in [0.25, 0.3) is 0 Å². The second-order valence-corrected chi connectivity index (χ2v) is 2.62. The molecule has 3 unspecified atom stereocenters. The van der Waals surface area contributed by atoms with Gasteiger partial charge in [0, 0.05) is 0 Å². The van der Waals surface area contributed by atoms with Gasteiger partial charge in [-0.2, -0.15) is 0 Å². The first-order valence-electron chi connectivity index (χ1n) is 2.60. The molecule has 4 rings (SSSR count). The Morgan fingerprint density at radius 1 is 1.33 bits per heavy atom. The molecular weight excluding hydrogens is 76.1 g/mol. The van der Waals surface area contributed by atoms with Gasteiger partial charge in [-0.15, -0.1) is 0 Å². The molecule has 4 aliphatic rings. The minimum absolute atomic E-state index is 0.773. The van der Waals surface area contributed by atoms with Crippen LogP contribution in [0.15, 0.2) is 0 Å². The Bertz CT molecular complexity index is 76.5. The third kappa shape index (κ3) is 0.0790. The van der Waals surface area contributed by atoms with Gasteiger partial charge in [0.2, 0.25) is 0 Å². The van der Waals surface area contributed by atoms with Gasteiger partial charge >= 0.3 is 0 Å². The van der Waals surface area contributed by atoms with E-state index in [1.54, 1.807) is 0 Å². The summed E-state index contributed by atoms with van der Waals surface area (Å²) in [5.41, 5.74) is 0. The molecule has 1 nitrogen and oxygen atoms in total. The summed E-state index contributed by atoms with van der Waals surface area (Å²) in [5, 5.41) is 0. The van der Waals surface area contributed by atoms with E-state index in [-0.39, 0.29) is 0 Å². The molecule has 6 heavy (non-hydrogen) atoms. The van der Waals surface area contributed by atoms with Gasteiger partial charge in [-0.05, 0) is 17.8 Å². The summed E-state index contributed by atoms with van der Waals surface area (Å²) in [7, 11) is 0. The molecule has 0 N–H and O–H groups in total. The Morgan fingerprint density at radius 2 is 2.17 bits per heavy atom. The van der Waals surface area contributed by atoms with E-state index in [0.29, 0.717) is 0 Å². The highest BCUT2D eigenvalue weighted by Gasteiger charge is 2.79. The van der Waals surface area contributed by atoms with Gasteiger partial charge in [0.1, 0.15) is 0 Å². The van der Waals surface area contributed by atoms with Crippen molar-refractivity contribution in [3.8, 4) is 0 Å². The summed E-state index contributed by atoms with van der Waals surface area (Å²) < 4.78 is 5.26. The lowest BCUT2D eigenvalue weighted by atomic mass is 10.2. The van der Waals surface area contributed by atoms with Crippen molar-refractivity contribution in [1.82, 2.24) is 0 Å². The van der Waals surface area contributed by atoms with Crippen LogP contribution in [0.1, 0.15) is 0 Å². The molecule has 32 valence electrons. The first-order chi connectivity index (χ1) is 2.98. The summed E-state index contributed by atoms with van der Waals surface area (Å²) in [4.78, 5) is 0. The average molecular weight is 82.1 g/mol. The predicted molar refractivity (Wildman–Crippen MR) is 20.2 cm³/mol. The molecule has 4 atom stereocenters. The first kappa shape index (κ1) is 2.31. The molecule has 0 aromatic heterocycles. The molecule has 0 radical (unpaired) electrons. The van der Waals surface area contributed by atoms with Gasteiger partial charge in [-0.1, -0.05) is 0 Å². The maximum atomic E-state index is 5.26. The van der Waals surface area contributed by atoms with Crippen molar-refractivity contribution < 1.29 is 4.74 Å². The van der Waals surface area contributed by atoms with Gasteiger partial charge in [0.25, 0.3) is 0 Å². The quantitative estimate of drug-likeness (QED) is 0.407. The first-order valence-corrected chi connectivity index (χ1v) is 2.60. The Kier molecular flexibility index (Phi) is 0.154. The second-order valence-electron chi connectivity index (χ2n) is 2.62. The molecule has 2 aliphatic heterocycles. The van der Waals surface area contributed by atoms with Crippen molar-refractivity contribution in [1.29, 1.82) is 0 Å². The number of fused-ring (bicyclic) bond motifs is 1. The fourth-order valence-electron chi connectivity index (χ4n) is 1.77. The van der Waals surface area contributed by atoms with Crippen molar-refractivity contribution >= 4 is 0 Å². The van der Waals surface area contributed by atoms with E-state index in [2.05, 4.69) is 0 Å². The highest BCUT2D eigenvalue weighted by Crippen LogP contribution is 2.74. The Balaban J connectivity index is 2.21. The fraction of sp³-hybridized carbons (Fsp3) is 1.00. The lowest BCUT2D eigenvalue weighted by molar-refractivity contribution is 0.177. The lowest BCUT2D eigenvalue weighted by Crippen LogP contribution is -1.87. The van der Waals surface area contributed by atoms with Crippen LogP contribution in [0.2, 0.25) is 0 Å². The number of hydrogen-bond acceptors (Lipinski definition) is 1. The third-order valence-electron chi connectivity index (χ3n) is 2.39. The minimum Gasteiger partial charge on any atom is -0.377 e. The highest BCUT2D eigenvalue weighted by molar-refractivity contribution is 5.25. The van der Waals surface area contributed by atoms with Crippen LogP contribution >= 0.6 is 0 Å². The van der Waals surface area contributed by atoms with Gasteiger partial charge in [-0.25, -0.2) is 0 Å². The third-order valence-corrected chi connectivity index (χ3v) is 2.39. The standard InChI is InChI=1S/C5H6O/c1-2-3-4(2)5(3)6-1/h2-5H,1H2/t2?,3-,4?,5?/m1/s1. The van der Waals surface area contributed by atoms with E-state index >= 15 is 0 Å². The second kappa shape index (κ2) is 0.399. The van der Waals surface area contributed by atoms with E-state index in [1.165, 1.54) is 0 Å². The van der Waals surface area contributed by atoms with Gasteiger partial charge in [0.05, 0.1) is 12.7 Å². The van der Waals surface area contributed by atoms with E-state index in [0.717, 1.165) is 30.5 Å². The molecular formula is C5H6O. The van der Waals surface area contributed by atoms with Crippen molar-refractivity contribution in [2.75, 3.05) is 6.61 Å². The Labute approximate surface area is 36.3 Å². The number of ether oxygens (including phenoxy) is 1. The van der Waals surface area contributed by atoms with E-state index in [4.69, 9.17) is 4.74 Å². The maximum absolute atomic E-state index is 5.26. The van der Waals surface area contributed by atoms with Crippen LogP contribution in [0.5, 0.6) is 0 Å². The largest absolute Gasteiger partial charge is 0.377 e. The summed E-state index contributed by atoms with van der Waals surface area (Å²) in [6.45, 7) is 1.10. The van der Waals surface area contributed by atoms with Crippen LogP contribution in [-0.4, -0.2) is 12.7 Å². The molecule has 2 heterocycles. The van der Waals surface area contributed by atoms with E-state index in [9.17, 15) is 0 Å². The van der Waals surface area contributed by atoms with Gasteiger partial charge in [0.15, 0.2) is 0 Å². The Morgan fingerprint density at radius 3 is 2.33 bits per heavy atom. The maximum Gasteiger partial charge on any atom is 0.0646 e. The number of rotatable bonds is 0. The zero-order valence-electron chi connectivity index (χ0n) is 3.42. The molecule has 0 aromatic rings. The van der Waals surface area contributed by atoms with Gasteiger partial charge in [-0.3, -0.25) is 0 Å². The molecule has 2 bridgehead atoms. The van der Waals surface area contributed by atoms with E-state index < -0.39 is 0 Å². The van der Waals surface area contributed by atoms with Crippen LogP contribution in [0, 0.1) is 17.8 Å². The summed E-state index contributed by atoms with van der Waals surface area (Å²) in [6, 6.07) is 0. The van der Waals surface area contributed by atoms with E-state index in [1.807, 2.05) is 0 Å². The number of hydrogen-bond donors (Lipinski definition) is 0. The smallest absolute Gasteiger partial charge is 0.0646 e. The topological polar surface area (TPSA) is 9.23 Å². The fourth-order valence-corrected chi connectivity index (χ4v) is 1.77. The summed E-state index contributed by atoms with van der Waals surface area (Å²) in [5.74, 6) is 3.20. The molecule has 0 aromatic carbocycles. The van der Waals surface area contributed by atoms with Crippen molar-refractivity contribution in [3.05, 3.63) is 0 Å². The van der Waals surface area contributed by atoms with Crippen molar-refractivity contribution in [2.24, 2.45) is 17.8 Å². The molecule has 2 aliphatic carbocycles. The van der Waals surface area contributed by atoms with Crippen LogP contribution in [0.3, 0.4) is 0 Å². The zero-order valence-corrected chi connectivity index (χ0v) is 3.42. The summed E-state index contributed by atoms with van der Waals surface area (Å²) >= 11 is 0. The minimum atomic E-state index is 0.773. The molecule has 2 saturated heterocycles. The Hall–Kier alpha value is -0.0400. The molecule has 1 heteroatoms. The predicted octanol–water partition coefficient (Wildman–Crippen LogP) is 0.261. The SMILES string of the molecule is C1OC2C3C1[C@@H]23. The van der Waals surface area contributed by atoms with Crippen molar-refractivity contribution in [2.45, 2.75) is 6.10 Å². The highest BCUT2D eigenvalue weighted by atomic mass is 16.5. The lowest BCUT2D eigenvalue weighted by Gasteiger charge is -1.81. The normalized spacial score (nSPS) is 80.0. The molecule has 2 saturated carbocycles. The van der Waals surface area contributed by atoms with Crippen LogP contribution in [0.4, 0.5) is 0 Å². The molecule has 0 amide bonds. The monoisotopic (exact) mass is 82.0 g/mol. The summed E-state index contributed by atoms with van der Waals surface area (Å²) in [6.07, 6.45) is 0.773. The van der Waals surface area contributed by atoms with Crippen molar-refractivity contribution in [3.63, 3.8) is 0 Å². The molecule has 0 spiro atoms. The zero-order chi connectivity index (χ0) is 3.72. The average Bonchev–Trinajstić information content (AvgIpc) is 2.30. The van der Waals surface area contributed by atoms with Gasteiger partial charge < -0.3 is 4.74 Å².